The van der Waals surface area contributed by atoms with Crippen molar-refractivity contribution in [3.8, 4) is 0 Å². The van der Waals surface area contributed by atoms with Crippen LogP contribution >= 0.6 is 0 Å². The molecule has 1 heteroatoms. The Bertz CT molecular complexity index is 652. The van der Waals surface area contributed by atoms with E-state index < -0.39 is 0 Å². The van der Waals surface area contributed by atoms with Crippen molar-refractivity contribution in [2.24, 2.45) is 4.99 Å². The van der Waals surface area contributed by atoms with Gasteiger partial charge in [0.1, 0.15) is 0 Å². The first-order valence-electron chi connectivity index (χ1n) is 8.84. The van der Waals surface area contributed by atoms with Crippen molar-refractivity contribution in [2.45, 2.75) is 39.5 Å². The molecule has 24 heavy (non-hydrogen) atoms. The predicted molar refractivity (Wildman–Crippen MR) is 106 cm³/mol. The summed E-state index contributed by atoms with van der Waals surface area (Å²) in [7, 11) is 0. The van der Waals surface area contributed by atoms with E-state index in [1.807, 2.05) is 12.1 Å². The van der Waals surface area contributed by atoms with E-state index in [2.05, 4.69) is 75.0 Å². The minimum Gasteiger partial charge on any atom is -0.248 e. The lowest BCUT2D eigenvalue weighted by Gasteiger charge is -2.11. The first-order valence-corrected chi connectivity index (χ1v) is 8.84. The number of nitrogens with zero attached hydrogens (tertiary/aromatic N) is 1. The Morgan fingerprint density at radius 2 is 1.42 bits per heavy atom. The Kier molecular flexibility index (Phi) is 7.22. The van der Waals surface area contributed by atoms with E-state index in [1.165, 1.54) is 5.57 Å². The highest BCUT2D eigenvalue weighted by Crippen LogP contribution is 2.20. The van der Waals surface area contributed by atoms with Gasteiger partial charge in [0.2, 0.25) is 0 Å². The van der Waals surface area contributed by atoms with Crippen molar-refractivity contribution >= 4 is 5.71 Å². The molecule has 2 aromatic carbocycles. The van der Waals surface area contributed by atoms with E-state index in [4.69, 9.17) is 4.99 Å². The second-order valence-corrected chi connectivity index (χ2v) is 5.91. The van der Waals surface area contributed by atoms with Gasteiger partial charge in [-0.05, 0) is 18.4 Å². The lowest BCUT2D eigenvalue weighted by atomic mass is 10.0. The van der Waals surface area contributed by atoms with Crippen LogP contribution in [0.15, 0.2) is 89.6 Å². The molecular weight excluding hydrogens is 290 g/mol. The monoisotopic (exact) mass is 317 g/mol. The van der Waals surface area contributed by atoms with Gasteiger partial charge in [-0.2, -0.15) is 0 Å². The third kappa shape index (κ3) is 5.06. The van der Waals surface area contributed by atoms with Crippen LogP contribution in [0.2, 0.25) is 0 Å². The summed E-state index contributed by atoms with van der Waals surface area (Å²) in [5.41, 5.74) is 5.38. The zero-order chi connectivity index (χ0) is 17.2. The van der Waals surface area contributed by atoms with Crippen LogP contribution < -0.4 is 0 Å². The number of hydrogen-bond acceptors (Lipinski definition) is 1. The van der Waals surface area contributed by atoms with Crippen LogP contribution in [-0.4, -0.2) is 5.71 Å². The highest BCUT2D eigenvalue weighted by Gasteiger charge is 2.09. The molecule has 0 saturated carbocycles. The third-order valence-electron chi connectivity index (χ3n) is 3.91. The van der Waals surface area contributed by atoms with Gasteiger partial charge < -0.3 is 0 Å². The normalized spacial score (nSPS) is 11.2. The highest BCUT2D eigenvalue weighted by molar-refractivity contribution is 6.13. The molecule has 0 unspecified atom stereocenters. The second kappa shape index (κ2) is 9.67. The number of aliphatic imine (C=N–C) groups is 1. The van der Waals surface area contributed by atoms with Crippen LogP contribution in [0, 0.1) is 0 Å². The maximum absolute atomic E-state index is 4.94. The van der Waals surface area contributed by atoms with Crippen molar-refractivity contribution in [3.05, 3.63) is 95.7 Å². The lowest BCUT2D eigenvalue weighted by Crippen LogP contribution is -2.04. The first kappa shape index (κ1) is 17.9. The SMILES string of the molecule is C=C(N=C(c1ccccc1)c1ccccc1)/C(=C/CCC)CCC. The standard InChI is InChI=1S/C23H27N/c1-4-6-14-20(13-5-2)19(3)24-23(21-15-9-7-10-16-21)22-17-11-8-12-18-22/h7-12,14-18H,3-6,13H2,1-2H3/b20-14+. The largest absolute Gasteiger partial charge is 0.248 e. The Morgan fingerprint density at radius 3 is 1.88 bits per heavy atom. The highest BCUT2D eigenvalue weighted by atomic mass is 14.8. The second-order valence-electron chi connectivity index (χ2n) is 5.91. The average Bonchev–Trinajstić information content (AvgIpc) is 2.64. The molecule has 2 rings (SSSR count). The summed E-state index contributed by atoms with van der Waals surface area (Å²) in [6.45, 7) is 8.66. The Balaban J connectivity index is 2.43. The molecule has 0 aliphatic carbocycles. The zero-order valence-electron chi connectivity index (χ0n) is 14.8. The molecular formula is C23H27N. The van der Waals surface area contributed by atoms with Crippen molar-refractivity contribution < 1.29 is 0 Å². The van der Waals surface area contributed by atoms with Gasteiger partial charge in [-0.25, -0.2) is 4.99 Å². The molecule has 0 amide bonds. The molecule has 0 aliphatic rings. The van der Waals surface area contributed by atoms with Crippen molar-refractivity contribution in [2.75, 3.05) is 0 Å². The van der Waals surface area contributed by atoms with Gasteiger partial charge in [0, 0.05) is 11.1 Å². The zero-order valence-corrected chi connectivity index (χ0v) is 14.8. The van der Waals surface area contributed by atoms with E-state index in [-0.39, 0.29) is 0 Å². The summed E-state index contributed by atoms with van der Waals surface area (Å²) in [5, 5.41) is 0. The molecule has 0 atom stereocenters. The number of rotatable bonds is 8. The van der Waals surface area contributed by atoms with E-state index in [0.717, 1.165) is 48.2 Å². The molecule has 2 aromatic rings. The van der Waals surface area contributed by atoms with Gasteiger partial charge in [-0.1, -0.05) is 100 Å². The summed E-state index contributed by atoms with van der Waals surface area (Å²) in [6.07, 6.45) is 6.66. The fraction of sp³-hybridized carbons (Fsp3) is 0.261. The van der Waals surface area contributed by atoms with Crippen LogP contribution in [0.3, 0.4) is 0 Å². The molecule has 0 saturated heterocycles. The maximum Gasteiger partial charge on any atom is 0.0781 e. The fourth-order valence-electron chi connectivity index (χ4n) is 2.65. The van der Waals surface area contributed by atoms with Crippen LogP contribution in [-0.2, 0) is 0 Å². The van der Waals surface area contributed by atoms with Crippen LogP contribution in [0.4, 0.5) is 0 Å². The molecule has 0 radical (unpaired) electrons. The summed E-state index contributed by atoms with van der Waals surface area (Å²) in [4.78, 5) is 4.94. The van der Waals surface area contributed by atoms with Gasteiger partial charge in [0.15, 0.2) is 0 Å². The van der Waals surface area contributed by atoms with Gasteiger partial charge in [0.05, 0.1) is 11.4 Å². The smallest absolute Gasteiger partial charge is 0.0781 e. The van der Waals surface area contributed by atoms with E-state index in [1.54, 1.807) is 0 Å². The summed E-state index contributed by atoms with van der Waals surface area (Å²) >= 11 is 0. The number of unbranched alkanes of at least 4 members (excludes halogenated alkanes) is 1. The summed E-state index contributed by atoms with van der Waals surface area (Å²) in [5.74, 6) is 0. The van der Waals surface area contributed by atoms with Gasteiger partial charge in [-0.15, -0.1) is 0 Å². The first-order chi connectivity index (χ1) is 11.8. The third-order valence-corrected chi connectivity index (χ3v) is 3.91. The topological polar surface area (TPSA) is 12.4 Å². The van der Waals surface area contributed by atoms with Gasteiger partial charge in [0.25, 0.3) is 0 Å². The van der Waals surface area contributed by atoms with E-state index in [9.17, 15) is 0 Å². The Labute approximate surface area is 146 Å². The molecule has 0 aliphatic heterocycles. The van der Waals surface area contributed by atoms with Crippen molar-refractivity contribution in [1.82, 2.24) is 0 Å². The Hall–Kier alpha value is -2.41. The molecule has 0 bridgehead atoms. The van der Waals surface area contributed by atoms with Crippen molar-refractivity contribution in [1.29, 1.82) is 0 Å². The lowest BCUT2D eigenvalue weighted by molar-refractivity contribution is 0.880. The van der Waals surface area contributed by atoms with Crippen LogP contribution in [0.1, 0.15) is 50.7 Å². The number of benzene rings is 2. The molecule has 0 spiro atoms. The van der Waals surface area contributed by atoms with Gasteiger partial charge >= 0.3 is 0 Å². The average molecular weight is 317 g/mol. The van der Waals surface area contributed by atoms with E-state index in [0.29, 0.717) is 0 Å². The molecule has 0 aromatic heterocycles. The number of allylic oxidation sites excluding steroid dienone is 2. The maximum atomic E-state index is 4.94. The number of hydrogen-bond donors (Lipinski definition) is 0. The molecule has 124 valence electrons. The van der Waals surface area contributed by atoms with Gasteiger partial charge in [-0.3, -0.25) is 0 Å². The molecule has 0 fully saturated rings. The fourth-order valence-corrected chi connectivity index (χ4v) is 2.65. The summed E-state index contributed by atoms with van der Waals surface area (Å²) < 4.78 is 0. The Morgan fingerprint density at radius 1 is 0.875 bits per heavy atom. The summed E-state index contributed by atoms with van der Waals surface area (Å²) in [6, 6.07) is 20.7. The van der Waals surface area contributed by atoms with Crippen LogP contribution in [0.25, 0.3) is 0 Å². The molecule has 0 heterocycles. The van der Waals surface area contributed by atoms with Crippen molar-refractivity contribution in [3.63, 3.8) is 0 Å². The van der Waals surface area contributed by atoms with E-state index >= 15 is 0 Å². The minimum atomic E-state index is 0.882. The minimum absolute atomic E-state index is 0.882. The molecule has 0 N–H and O–H groups in total. The molecule has 1 nitrogen and oxygen atoms in total. The quantitative estimate of drug-likeness (QED) is 0.386. The predicted octanol–water partition coefficient (Wildman–Crippen LogP) is 6.56. The van der Waals surface area contributed by atoms with Crippen LogP contribution in [0.5, 0.6) is 0 Å².